The average Bonchev–Trinajstić information content (AvgIpc) is 2.75. The highest BCUT2D eigenvalue weighted by Crippen LogP contribution is 2.20. The first-order chi connectivity index (χ1) is 14.2. The quantitative estimate of drug-likeness (QED) is 0.415. The van der Waals surface area contributed by atoms with Crippen LogP contribution in [0, 0.1) is 18.3 Å². The second-order valence-electron chi connectivity index (χ2n) is 6.35. The van der Waals surface area contributed by atoms with Crippen molar-refractivity contribution in [2.75, 3.05) is 5.43 Å². The molecule has 0 bridgehead atoms. The predicted octanol–water partition coefficient (Wildman–Crippen LogP) is 3.61. The Morgan fingerprint density at radius 2 is 1.97 bits per heavy atom. The number of hydrogen-bond donors (Lipinski definition) is 2. The van der Waals surface area contributed by atoms with Crippen LogP contribution < -0.4 is 11.0 Å². The summed E-state index contributed by atoms with van der Waals surface area (Å²) in [5.41, 5.74) is 6.01. The zero-order chi connectivity index (χ0) is 20.2. The van der Waals surface area contributed by atoms with E-state index in [2.05, 4.69) is 25.5 Å². The number of hydrogen-bond acceptors (Lipinski definition) is 6. The lowest BCUT2D eigenvalue weighted by molar-refractivity contribution is 1.08. The molecule has 4 rings (SSSR count). The number of nitriles is 1. The van der Waals surface area contributed by atoms with Crippen LogP contribution in [0.3, 0.4) is 0 Å². The van der Waals surface area contributed by atoms with Crippen molar-refractivity contribution in [3.63, 3.8) is 0 Å². The van der Waals surface area contributed by atoms with E-state index in [0.29, 0.717) is 11.3 Å². The number of pyridine rings is 1. The number of anilines is 1. The monoisotopic (exact) mass is 380 g/mol. The summed E-state index contributed by atoms with van der Waals surface area (Å²) in [5, 5.41) is 14.6. The SMILES string of the molecule is Cc1ccc2ncccc2c1C=NNc1nc(-c2ccccc2)c(C#N)c(=O)[nH]1. The lowest BCUT2D eigenvalue weighted by Crippen LogP contribution is -2.16. The third-order valence-corrected chi connectivity index (χ3v) is 4.49. The molecule has 0 fully saturated rings. The molecule has 0 saturated carbocycles. The minimum absolute atomic E-state index is 0.0401. The summed E-state index contributed by atoms with van der Waals surface area (Å²) in [4.78, 5) is 23.6. The van der Waals surface area contributed by atoms with Gasteiger partial charge in [-0.05, 0) is 24.6 Å². The largest absolute Gasteiger partial charge is 0.290 e. The number of aryl methyl sites for hydroxylation is 1. The maximum absolute atomic E-state index is 12.3. The Kier molecular flexibility index (Phi) is 4.82. The predicted molar refractivity (Wildman–Crippen MR) is 113 cm³/mol. The fraction of sp³-hybridized carbons (Fsp3) is 0.0455. The third kappa shape index (κ3) is 3.59. The summed E-state index contributed by atoms with van der Waals surface area (Å²) >= 11 is 0. The van der Waals surface area contributed by atoms with Crippen LogP contribution in [0.25, 0.3) is 22.2 Å². The van der Waals surface area contributed by atoms with Crippen molar-refractivity contribution in [3.8, 4) is 17.3 Å². The van der Waals surface area contributed by atoms with E-state index in [-0.39, 0.29) is 11.5 Å². The Bertz CT molecular complexity index is 1320. The van der Waals surface area contributed by atoms with E-state index in [1.54, 1.807) is 24.5 Å². The van der Waals surface area contributed by atoms with E-state index < -0.39 is 5.56 Å². The maximum Gasteiger partial charge on any atom is 0.270 e. The van der Waals surface area contributed by atoms with E-state index in [1.807, 2.05) is 55.5 Å². The molecule has 140 valence electrons. The Hall–Kier alpha value is -4.31. The summed E-state index contributed by atoms with van der Waals surface area (Å²) in [6.45, 7) is 1.99. The van der Waals surface area contributed by atoms with Crippen LogP contribution in [0.15, 0.2) is 70.7 Å². The van der Waals surface area contributed by atoms with Gasteiger partial charge in [0.25, 0.3) is 5.56 Å². The summed E-state index contributed by atoms with van der Waals surface area (Å²) in [7, 11) is 0. The second-order valence-corrected chi connectivity index (χ2v) is 6.35. The lowest BCUT2D eigenvalue weighted by Gasteiger charge is -2.07. The van der Waals surface area contributed by atoms with Crippen molar-refractivity contribution >= 4 is 23.1 Å². The van der Waals surface area contributed by atoms with Gasteiger partial charge in [-0.1, -0.05) is 42.5 Å². The number of nitrogens with zero attached hydrogens (tertiary/aromatic N) is 4. The molecular formula is C22H16N6O. The highest BCUT2D eigenvalue weighted by Gasteiger charge is 2.13. The number of aromatic nitrogens is 3. The standard InChI is InChI=1S/C22H16N6O/c1-14-9-10-19-16(8-5-11-24-19)18(14)13-25-28-22-26-20(15-6-3-2-4-7-15)17(12-23)21(29)27-22/h2-11,13H,1H3,(H2,26,27,28,29). The van der Waals surface area contributed by atoms with Crippen LogP contribution in [-0.4, -0.2) is 21.2 Å². The minimum atomic E-state index is -0.524. The molecule has 0 aliphatic rings. The summed E-state index contributed by atoms with van der Waals surface area (Å²) < 4.78 is 0. The molecule has 2 aromatic heterocycles. The van der Waals surface area contributed by atoms with Crippen molar-refractivity contribution in [2.45, 2.75) is 6.92 Å². The van der Waals surface area contributed by atoms with Gasteiger partial charge in [-0.3, -0.25) is 14.8 Å². The minimum Gasteiger partial charge on any atom is -0.290 e. The first-order valence-corrected chi connectivity index (χ1v) is 8.90. The molecule has 0 atom stereocenters. The Morgan fingerprint density at radius 3 is 2.76 bits per heavy atom. The number of nitrogens with one attached hydrogen (secondary N) is 2. The van der Waals surface area contributed by atoms with Gasteiger partial charge in [-0.2, -0.15) is 10.4 Å². The summed E-state index contributed by atoms with van der Waals surface area (Å²) in [6.07, 6.45) is 3.41. The highest BCUT2D eigenvalue weighted by molar-refractivity contribution is 5.99. The van der Waals surface area contributed by atoms with Gasteiger partial charge >= 0.3 is 0 Å². The third-order valence-electron chi connectivity index (χ3n) is 4.49. The Morgan fingerprint density at radius 1 is 1.14 bits per heavy atom. The molecule has 29 heavy (non-hydrogen) atoms. The molecule has 4 aromatic rings. The van der Waals surface area contributed by atoms with E-state index in [9.17, 15) is 10.1 Å². The Balaban J connectivity index is 1.70. The molecule has 0 unspecified atom stereocenters. The molecule has 7 heteroatoms. The fourth-order valence-electron chi connectivity index (χ4n) is 3.05. The van der Waals surface area contributed by atoms with Gasteiger partial charge in [0, 0.05) is 22.7 Å². The first-order valence-electron chi connectivity index (χ1n) is 8.90. The van der Waals surface area contributed by atoms with Crippen LogP contribution in [-0.2, 0) is 0 Å². The molecule has 0 aliphatic heterocycles. The topological polar surface area (TPSA) is 107 Å². The van der Waals surface area contributed by atoms with Crippen molar-refractivity contribution in [2.24, 2.45) is 5.10 Å². The van der Waals surface area contributed by atoms with Crippen LogP contribution >= 0.6 is 0 Å². The van der Waals surface area contributed by atoms with Crippen molar-refractivity contribution in [1.29, 1.82) is 5.26 Å². The van der Waals surface area contributed by atoms with Crippen molar-refractivity contribution in [1.82, 2.24) is 15.0 Å². The number of hydrazone groups is 1. The van der Waals surface area contributed by atoms with Gasteiger partial charge in [-0.15, -0.1) is 0 Å². The normalized spacial score (nSPS) is 10.9. The van der Waals surface area contributed by atoms with Crippen LogP contribution in [0.5, 0.6) is 0 Å². The smallest absolute Gasteiger partial charge is 0.270 e. The van der Waals surface area contributed by atoms with Gasteiger partial charge in [-0.25, -0.2) is 10.4 Å². The number of fused-ring (bicyclic) bond motifs is 1. The van der Waals surface area contributed by atoms with Crippen molar-refractivity contribution in [3.05, 3.63) is 87.8 Å². The zero-order valence-electron chi connectivity index (χ0n) is 15.5. The van der Waals surface area contributed by atoms with Gasteiger partial charge in [0.15, 0.2) is 0 Å². The molecule has 0 spiro atoms. The lowest BCUT2D eigenvalue weighted by atomic mass is 10.0. The molecule has 0 aliphatic carbocycles. The molecule has 2 aromatic carbocycles. The van der Waals surface area contributed by atoms with Gasteiger partial charge in [0.2, 0.25) is 5.95 Å². The molecule has 0 radical (unpaired) electrons. The van der Waals surface area contributed by atoms with Crippen LogP contribution in [0.4, 0.5) is 5.95 Å². The zero-order valence-corrected chi connectivity index (χ0v) is 15.5. The van der Waals surface area contributed by atoms with E-state index in [1.165, 1.54) is 0 Å². The summed E-state index contributed by atoms with van der Waals surface area (Å²) in [6, 6.07) is 18.8. The molecular weight excluding hydrogens is 364 g/mol. The highest BCUT2D eigenvalue weighted by atomic mass is 16.1. The number of H-pyrrole nitrogens is 1. The second kappa shape index (κ2) is 7.74. The molecule has 2 N–H and O–H groups in total. The molecule has 7 nitrogen and oxygen atoms in total. The van der Waals surface area contributed by atoms with E-state index in [4.69, 9.17) is 0 Å². The first kappa shape index (κ1) is 18.1. The van der Waals surface area contributed by atoms with Gasteiger partial charge in [0.1, 0.15) is 11.6 Å². The van der Waals surface area contributed by atoms with Crippen LogP contribution in [0.1, 0.15) is 16.7 Å². The number of rotatable bonds is 4. The Labute approximate surface area is 166 Å². The summed E-state index contributed by atoms with van der Waals surface area (Å²) in [5.74, 6) is 0.153. The average molecular weight is 380 g/mol. The number of aromatic amines is 1. The van der Waals surface area contributed by atoms with E-state index in [0.717, 1.165) is 22.0 Å². The van der Waals surface area contributed by atoms with E-state index >= 15 is 0 Å². The maximum atomic E-state index is 12.3. The number of benzene rings is 2. The molecule has 0 amide bonds. The van der Waals surface area contributed by atoms with Crippen LogP contribution in [0.2, 0.25) is 0 Å². The molecule has 0 saturated heterocycles. The van der Waals surface area contributed by atoms with Gasteiger partial charge in [0.05, 0.1) is 17.4 Å². The molecule has 2 heterocycles. The fourth-order valence-corrected chi connectivity index (χ4v) is 3.05. The van der Waals surface area contributed by atoms with Gasteiger partial charge < -0.3 is 0 Å². The van der Waals surface area contributed by atoms with Crippen molar-refractivity contribution < 1.29 is 0 Å².